The smallest absolute Gasteiger partial charge is 0.481 e. The molecular formula is C54H76BN7O10. The molecule has 0 radical (unpaired) electrons. The maximum atomic E-state index is 14.0. The lowest BCUT2D eigenvalue weighted by Gasteiger charge is -2.64. The molecule has 3 aliphatic carbocycles. The number of hydrogen-bond acceptors (Lipinski definition) is 11. The summed E-state index contributed by atoms with van der Waals surface area (Å²) in [4.78, 5) is 81.3. The molecule has 72 heavy (non-hydrogen) atoms. The zero-order valence-corrected chi connectivity index (χ0v) is 42.9. The van der Waals surface area contributed by atoms with E-state index in [4.69, 9.17) is 15.0 Å². The molecule has 390 valence electrons. The molecule has 10 atom stereocenters. The van der Waals surface area contributed by atoms with Gasteiger partial charge < -0.3 is 57.2 Å². The standard InChI is InChI=1S/C54H76BN7O10/c1-8-9-12-35-14-18-37(19-15-35)38-20-22-39(23-21-38)49(67)57-28-26-46(65)60-42(13-10-11-27-56)50(68)62-47(33(3)63)52(70)58-32(2)48(66)61-43(29-36-16-24-41(64)25-17-36)51(69)59-34(4)55-71-45-31-40-30-44(53(40,5)6)54(45,7)72-55/h14-25,32-34,40,42-45,47,63-64H,8-13,26-31,56H2,1-7H3,(H,57,67)(H,58,70)(H,59,69)(H,60,65)(H,61,66)(H,62,68)/t32-,33?,34-,40-,42-,43-,44-,45?,47-,54-/m0/s1. The van der Waals surface area contributed by atoms with Crippen LogP contribution in [-0.2, 0) is 46.1 Å². The highest BCUT2D eigenvalue weighted by atomic mass is 16.7. The summed E-state index contributed by atoms with van der Waals surface area (Å²) in [5, 5.41) is 36.8. The number of unbranched alkanes of at least 4 members (excludes halogenated alkanes) is 2. The van der Waals surface area contributed by atoms with E-state index in [1.807, 2.05) is 12.1 Å². The van der Waals surface area contributed by atoms with Crippen LogP contribution in [0.5, 0.6) is 5.75 Å². The molecule has 0 spiro atoms. The summed E-state index contributed by atoms with van der Waals surface area (Å²) >= 11 is 0. The van der Waals surface area contributed by atoms with Gasteiger partial charge in [-0.05, 0) is 143 Å². The Morgan fingerprint density at radius 2 is 1.39 bits per heavy atom. The number of aromatic hydroxyl groups is 1. The molecule has 3 aromatic rings. The van der Waals surface area contributed by atoms with Crippen molar-refractivity contribution >= 4 is 42.6 Å². The second-order valence-electron chi connectivity index (χ2n) is 20.8. The van der Waals surface area contributed by atoms with Gasteiger partial charge in [0.25, 0.3) is 5.91 Å². The summed E-state index contributed by atoms with van der Waals surface area (Å²) in [7, 11) is -0.713. The van der Waals surface area contributed by atoms with E-state index in [0.29, 0.717) is 42.3 Å². The first-order valence-electron chi connectivity index (χ1n) is 25.7. The van der Waals surface area contributed by atoms with Crippen LogP contribution in [0.4, 0.5) is 0 Å². The van der Waals surface area contributed by atoms with Gasteiger partial charge in [0.05, 0.1) is 23.8 Å². The first kappa shape index (κ1) is 55.5. The third-order valence-electron chi connectivity index (χ3n) is 15.1. The van der Waals surface area contributed by atoms with E-state index in [0.717, 1.165) is 43.2 Å². The van der Waals surface area contributed by atoms with Crippen LogP contribution >= 0.6 is 0 Å². The molecule has 3 saturated carbocycles. The molecule has 1 heterocycles. The zero-order valence-electron chi connectivity index (χ0n) is 42.9. The number of aliphatic hydroxyl groups excluding tert-OH is 1. The van der Waals surface area contributed by atoms with Crippen LogP contribution in [0.1, 0.15) is 121 Å². The normalized spacial score (nSPS) is 22.1. The van der Waals surface area contributed by atoms with Gasteiger partial charge in [0, 0.05) is 24.9 Å². The summed E-state index contributed by atoms with van der Waals surface area (Å²) in [6, 6.07) is 16.7. The first-order valence-corrected chi connectivity index (χ1v) is 25.7. The van der Waals surface area contributed by atoms with Crippen LogP contribution in [0, 0.1) is 17.3 Å². The Morgan fingerprint density at radius 3 is 2.01 bits per heavy atom. The molecule has 4 fully saturated rings. The summed E-state index contributed by atoms with van der Waals surface area (Å²) in [6.45, 7) is 13.6. The number of rotatable bonds is 25. The number of phenolic OH excluding ortho intramolecular Hbond substituents is 1. The lowest BCUT2D eigenvalue weighted by atomic mass is 9.43. The van der Waals surface area contributed by atoms with Crippen molar-refractivity contribution in [2.24, 2.45) is 23.0 Å². The van der Waals surface area contributed by atoms with E-state index in [-0.39, 0.29) is 49.0 Å². The van der Waals surface area contributed by atoms with Gasteiger partial charge in [-0.15, -0.1) is 0 Å². The van der Waals surface area contributed by atoms with Gasteiger partial charge in [-0.25, -0.2) is 0 Å². The number of nitrogens with one attached hydrogen (secondary N) is 6. The minimum Gasteiger partial charge on any atom is -0.508 e. The molecule has 7 rings (SSSR count). The van der Waals surface area contributed by atoms with E-state index < -0.39 is 78.5 Å². The van der Waals surface area contributed by atoms with E-state index in [9.17, 15) is 39.0 Å². The molecule has 18 heteroatoms. The summed E-state index contributed by atoms with van der Waals surface area (Å²) in [5.74, 6) is -3.46. The molecular weight excluding hydrogens is 917 g/mol. The molecule has 2 unspecified atom stereocenters. The van der Waals surface area contributed by atoms with Crippen molar-refractivity contribution in [2.45, 2.75) is 161 Å². The number of nitrogens with two attached hydrogens (primary N) is 1. The van der Waals surface area contributed by atoms with Gasteiger partial charge in [0.1, 0.15) is 29.9 Å². The lowest BCUT2D eigenvalue weighted by molar-refractivity contribution is -0.199. The Hall–Kier alpha value is -5.82. The van der Waals surface area contributed by atoms with E-state index >= 15 is 0 Å². The van der Waals surface area contributed by atoms with Gasteiger partial charge in [-0.1, -0.05) is 75.7 Å². The van der Waals surface area contributed by atoms with Crippen molar-refractivity contribution in [3.8, 4) is 16.9 Å². The SMILES string of the molecule is CCCCc1ccc(-c2ccc(C(=O)NCCC(=O)N[C@@H](CCCCN)C(=O)N[C@H](C(=O)N[C@@H](C)C(=O)N[C@@H](Cc3ccc(O)cc3)C(=O)N[C@@H](C)B3OC4C[C@@H]5C[C@@H](C5(C)C)[C@]4(C)O3)C(C)O)cc2)cc1. The predicted octanol–water partition coefficient (Wildman–Crippen LogP) is 4.01. The Labute approximate surface area is 424 Å². The Morgan fingerprint density at radius 1 is 0.750 bits per heavy atom. The van der Waals surface area contributed by atoms with Crippen molar-refractivity contribution in [1.82, 2.24) is 31.9 Å². The van der Waals surface area contributed by atoms with Crippen LogP contribution in [0.2, 0.25) is 0 Å². The van der Waals surface area contributed by atoms with Crippen LogP contribution in [0.3, 0.4) is 0 Å². The third-order valence-corrected chi connectivity index (χ3v) is 15.1. The summed E-state index contributed by atoms with van der Waals surface area (Å²) in [6.07, 6.45) is 4.80. The molecule has 1 saturated heterocycles. The van der Waals surface area contributed by atoms with Crippen LogP contribution in [0.25, 0.3) is 11.1 Å². The number of amides is 6. The predicted molar refractivity (Wildman–Crippen MR) is 275 cm³/mol. The highest BCUT2D eigenvalue weighted by Gasteiger charge is 2.68. The summed E-state index contributed by atoms with van der Waals surface area (Å²) < 4.78 is 13.0. The largest absolute Gasteiger partial charge is 0.508 e. The fraction of sp³-hybridized carbons (Fsp3) is 0.556. The molecule has 3 aromatic carbocycles. The number of carbonyl (C=O) groups excluding carboxylic acids is 6. The highest BCUT2D eigenvalue weighted by Crippen LogP contribution is 2.65. The van der Waals surface area contributed by atoms with Crippen LogP contribution < -0.4 is 37.6 Å². The highest BCUT2D eigenvalue weighted by molar-refractivity contribution is 6.47. The zero-order chi connectivity index (χ0) is 52.3. The molecule has 4 aliphatic rings. The van der Waals surface area contributed by atoms with E-state index in [1.54, 1.807) is 31.2 Å². The van der Waals surface area contributed by atoms with Gasteiger partial charge in [0.2, 0.25) is 29.5 Å². The second kappa shape index (κ2) is 24.7. The average molecular weight is 994 g/mol. The lowest BCUT2D eigenvalue weighted by Crippen LogP contribution is -2.65. The van der Waals surface area contributed by atoms with Crippen molar-refractivity contribution in [3.05, 3.63) is 89.5 Å². The van der Waals surface area contributed by atoms with Gasteiger partial charge in [-0.2, -0.15) is 0 Å². The van der Waals surface area contributed by atoms with Crippen molar-refractivity contribution in [1.29, 1.82) is 0 Å². The Kier molecular flexibility index (Phi) is 19.1. The molecule has 1 aliphatic heterocycles. The quantitative estimate of drug-likeness (QED) is 0.0433. The van der Waals surface area contributed by atoms with Crippen molar-refractivity contribution in [3.63, 3.8) is 0 Å². The fourth-order valence-corrected chi connectivity index (χ4v) is 10.4. The fourth-order valence-electron chi connectivity index (χ4n) is 10.4. The number of benzene rings is 3. The van der Waals surface area contributed by atoms with E-state index in [1.165, 1.54) is 31.5 Å². The minimum absolute atomic E-state index is 0.0134. The van der Waals surface area contributed by atoms with Gasteiger partial charge in [0.15, 0.2) is 0 Å². The third kappa shape index (κ3) is 13.8. The average Bonchev–Trinajstić information content (AvgIpc) is 3.72. The van der Waals surface area contributed by atoms with Crippen LogP contribution in [0.15, 0.2) is 72.8 Å². The monoisotopic (exact) mass is 994 g/mol. The number of aliphatic hydroxyl groups is 1. The van der Waals surface area contributed by atoms with E-state index in [2.05, 4.69) is 83.9 Å². The topological polar surface area (TPSA) is 260 Å². The van der Waals surface area contributed by atoms with Crippen LogP contribution in [-0.4, -0.2) is 114 Å². The minimum atomic E-state index is -1.54. The number of carbonyl (C=O) groups is 6. The maximum Gasteiger partial charge on any atom is 0.481 e. The molecule has 2 bridgehead atoms. The van der Waals surface area contributed by atoms with Gasteiger partial charge in [-0.3, -0.25) is 28.8 Å². The molecule has 17 nitrogen and oxygen atoms in total. The Bertz CT molecular complexity index is 2350. The van der Waals surface area contributed by atoms with Crippen molar-refractivity contribution < 1.29 is 48.3 Å². The van der Waals surface area contributed by atoms with Crippen molar-refractivity contribution in [2.75, 3.05) is 13.1 Å². The number of phenols is 1. The number of hydrogen-bond donors (Lipinski definition) is 9. The Balaban J connectivity index is 1.01. The summed E-state index contributed by atoms with van der Waals surface area (Å²) in [5.41, 5.74) is 9.71. The van der Waals surface area contributed by atoms with Gasteiger partial charge >= 0.3 is 7.12 Å². The molecule has 6 amide bonds. The first-order chi connectivity index (χ1) is 34.2. The molecule has 10 N–H and O–H groups in total. The second-order valence-corrected chi connectivity index (χ2v) is 20.8. The number of aryl methyl sites for hydroxylation is 1. The maximum absolute atomic E-state index is 14.0. The molecule has 0 aromatic heterocycles.